The fourth-order valence-corrected chi connectivity index (χ4v) is 3.26. The fraction of sp³-hybridized carbons (Fsp3) is 0.304. The molecule has 0 spiro atoms. The van der Waals surface area contributed by atoms with E-state index in [1.807, 2.05) is 41.1 Å². The Hall–Kier alpha value is -3.32. The van der Waals surface area contributed by atoms with Crippen LogP contribution >= 0.6 is 0 Å². The summed E-state index contributed by atoms with van der Waals surface area (Å²) in [5.41, 5.74) is 2.60. The number of nitrogens with one attached hydrogen (secondary N) is 1. The van der Waals surface area contributed by atoms with Gasteiger partial charge in [-0.1, -0.05) is 17.0 Å². The number of nitrogens with zero attached hydrogens (tertiary/aromatic N) is 3. The predicted octanol–water partition coefficient (Wildman–Crippen LogP) is 2.60. The lowest BCUT2D eigenvalue weighted by Crippen LogP contribution is -2.07. The van der Waals surface area contributed by atoms with Crippen molar-refractivity contribution in [1.82, 2.24) is 20.0 Å². The van der Waals surface area contributed by atoms with Crippen LogP contribution in [0, 0.1) is 29.6 Å². The number of hydrogen-bond acceptors (Lipinski definition) is 5. The van der Waals surface area contributed by atoms with Gasteiger partial charge in [-0.05, 0) is 56.0 Å². The van der Waals surface area contributed by atoms with Gasteiger partial charge in [0.05, 0.1) is 6.54 Å². The Kier molecular flexibility index (Phi) is 5.76. The van der Waals surface area contributed by atoms with Crippen LogP contribution in [0.5, 0.6) is 0 Å². The fourth-order valence-electron chi connectivity index (χ4n) is 3.26. The minimum atomic E-state index is -0.635. The van der Waals surface area contributed by atoms with Gasteiger partial charge in [-0.2, -0.15) is 0 Å². The van der Waals surface area contributed by atoms with Crippen molar-refractivity contribution in [3.63, 3.8) is 0 Å². The van der Waals surface area contributed by atoms with Crippen molar-refractivity contribution in [2.45, 2.75) is 26.0 Å². The summed E-state index contributed by atoms with van der Waals surface area (Å²) < 4.78 is 7.34. The maximum Gasteiger partial charge on any atom is 0.167 e. The standard InChI is InChI=1S/C23H22N4O2/c1-17(28)23-25-12-13-27(23)16-21-14-22(29-26-21)20-8-6-18(7-9-20)4-2-3-5-19-10-11-24-15-19/h6-9,12-14,17,19,24,28H,10-11,15-16H2,1H3/t17-,19?/m0/s1. The third kappa shape index (κ3) is 4.75. The zero-order valence-corrected chi connectivity index (χ0v) is 16.2. The summed E-state index contributed by atoms with van der Waals surface area (Å²) in [7, 11) is 0. The van der Waals surface area contributed by atoms with Crippen LogP contribution in [0.15, 0.2) is 47.2 Å². The Morgan fingerprint density at radius 2 is 2.17 bits per heavy atom. The molecule has 4 rings (SSSR count). The molecule has 0 amide bonds. The minimum Gasteiger partial charge on any atom is -0.385 e. The molecule has 1 aliphatic rings. The first-order valence-electron chi connectivity index (χ1n) is 9.66. The minimum absolute atomic E-state index is 0.423. The lowest BCUT2D eigenvalue weighted by molar-refractivity contribution is 0.184. The number of aliphatic hydroxyl groups excluding tert-OH is 1. The lowest BCUT2D eigenvalue weighted by atomic mass is 10.1. The largest absolute Gasteiger partial charge is 0.385 e. The van der Waals surface area contributed by atoms with Gasteiger partial charge in [-0.3, -0.25) is 0 Å². The lowest BCUT2D eigenvalue weighted by Gasteiger charge is -2.07. The molecule has 1 aliphatic heterocycles. The maximum absolute atomic E-state index is 9.76. The van der Waals surface area contributed by atoms with Crippen molar-refractivity contribution in [3.8, 4) is 35.0 Å². The van der Waals surface area contributed by atoms with Gasteiger partial charge in [0.15, 0.2) is 5.76 Å². The Labute approximate surface area is 170 Å². The highest BCUT2D eigenvalue weighted by molar-refractivity contribution is 5.59. The van der Waals surface area contributed by atoms with E-state index in [1.54, 1.807) is 13.1 Å². The summed E-state index contributed by atoms with van der Waals surface area (Å²) in [6.45, 7) is 4.18. The second-order valence-electron chi connectivity index (χ2n) is 7.06. The summed E-state index contributed by atoms with van der Waals surface area (Å²) in [5, 5.41) is 17.2. The van der Waals surface area contributed by atoms with Crippen molar-refractivity contribution >= 4 is 0 Å². The van der Waals surface area contributed by atoms with Crippen LogP contribution in [0.1, 0.15) is 36.5 Å². The number of rotatable bonds is 4. The number of benzene rings is 1. The third-order valence-electron chi connectivity index (χ3n) is 4.79. The Balaban J connectivity index is 1.41. The van der Waals surface area contributed by atoms with Crippen LogP contribution in [0.3, 0.4) is 0 Å². The van der Waals surface area contributed by atoms with Crippen LogP contribution in [-0.4, -0.2) is 32.9 Å². The van der Waals surface area contributed by atoms with Gasteiger partial charge in [0.2, 0.25) is 0 Å². The van der Waals surface area contributed by atoms with Crippen LogP contribution in [0.4, 0.5) is 0 Å². The normalized spacial score (nSPS) is 16.6. The van der Waals surface area contributed by atoms with Gasteiger partial charge in [-0.25, -0.2) is 4.98 Å². The van der Waals surface area contributed by atoms with E-state index in [4.69, 9.17) is 4.52 Å². The van der Waals surface area contributed by atoms with E-state index in [0.717, 1.165) is 36.3 Å². The first kappa shape index (κ1) is 19.0. The third-order valence-corrected chi connectivity index (χ3v) is 4.79. The molecule has 6 heteroatoms. The molecule has 0 saturated carbocycles. The van der Waals surface area contributed by atoms with E-state index in [0.29, 0.717) is 24.0 Å². The van der Waals surface area contributed by atoms with Gasteiger partial charge in [0.1, 0.15) is 17.6 Å². The van der Waals surface area contributed by atoms with Crippen molar-refractivity contribution in [2.75, 3.05) is 13.1 Å². The van der Waals surface area contributed by atoms with Gasteiger partial charge >= 0.3 is 0 Å². The molecule has 1 saturated heterocycles. The van der Waals surface area contributed by atoms with Crippen LogP contribution in [-0.2, 0) is 6.54 Å². The van der Waals surface area contributed by atoms with Crippen molar-refractivity contribution in [1.29, 1.82) is 0 Å². The molecule has 29 heavy (non-hydrogen) atoms. The molecule has 0 aliphatic carbocycles. The van der Waals surface area contributed by atoms with E-state index in [-0.39, 0.29) is 0 Å². The molecule has 0 bridgehead atoms. The molecule has 6 nitrogen and oxygen atoms in total. The van der Waals surface area contributed by atoms with Gasteiger partial charge in [0, 0.05) is 42.0 Å². The number of aromatic nitrogens is 3. The Morgan fingerprint density at radius 1 is 1.31 bits per heavy atom. The summed E-state index contributed by atoms with van der Waals surface area (Å²) >= 11 is 0. The van der Waals surface area contributed by atoms with E-state index in [9.17, 15) is 5.11 Å². The van der Waals surface area contributed by atoms with Gasteiger partial charge < -0.3 is 19.5 Å². The Bertz CT molecular complexity index is 1080. The number of imidazole rings is 1. The zero-order chi connectivity index (χ0) is 20.1. The quantitative estimate of drug-likeness (QED) is 0.674. The molecule has 146 valence electrons. The second kappa shape index (κ2) is 8.79. The summed E-state index contributed by atoms with van der Waals surface area (Å²) in [6.07, 6.45) is 3.95. The topological polar surface area (TPSA) is 76.1 Å². The van der Waals surface area contributed by atoms with Crippen LogP contribution in [0.2, 0.25) is 0 Å². The monoisotopic (exact) mass is 386 g/mol. The number of hydrogen-bond donors (Lipinski definition) is 2. The first-order chi connectivity index (χ1) is 14.2. The molecule has 2 atom stereocenters. The zero-order valence-electron chi connectivity index (χ0n) is 16.2. The Morgan fingerprint density at radius 3 is 2.93 bits per heavy atom. The predicted molar refractivity (Wildman–Crippen MR) is 110 cm³/mol. The number of aliphatic hydroxyl groups is 1. The van der Waals surface area contributed by atoms with Gasteiger partial charge in [-0.15, -0.1) is 0 Å². The molecule has 3 aromatic rings. The van der Waals surface area contributed by atoms with Crippen LogP contribution in [0.25, 0.3) is 11.3 Å². The van der Waals surface area contributed by atoms with E-state index in [1.165, 1.54) is 0 Å². The van der Waals surface area contributed by atoms with Crippen LogP contribution < -0.4 is 5.32 Å². The highest BCUT2D eigenvalue weighted by Gasteiger charge is 2.12. The highest BCUT2D eigenvalue weighted by Crippen LogP contribution is 2.22. The SMILES string of the molecule is C[C@H](O)c1nccn1Cc1cc(-c2ccc(C#CC#CC3CCNC3)cc2)on1. The maximum atomic E-state index is 9.76. The first-order valence-corrected chi connectivity index (χ1v) is 9.66. The molecule has 3 heterocycles. The van der Waals surface area contributed by atoms with E-state index in [2.05, 4.69) is 39.1 Å². The van der Waals surface area contributed by atoms with Crippen molar-refractivity contribution in [3.05, 3.63) is 59.8 Å². The summed E-state index contributed by atoms with van der Waals surface area (Å²) in [6, 6.07) is 9.71. The highest BCUT2D eigenvalue weighted by atomic mass is 16.5. The molecule has 1 unspecified atom stereocenters. The molecule has 2 N–H and O–H groups in total. The van der Waals surface area contributed by atoms with Gasteiger partial charge in [0.25, 0.3) is 0 Å². The van der Waals surface area contributed by atoms with Crippen molar-refractivity contribution < 1.29 is 9.63 Å². The summed E-state index contributed by atoms with van der Waals surface area (Å²) in [5.74, 6) is 13.9. The summed E-state index contributed by atoms with van der Waals surface area (Å²) in [4.78, 5) is 4.17. The van der Waals surface area contributed by atoms with E-state index < -0.39 is 6.10 Å². The molecule has 1 fully saturated rings. The van der Waals surface area contributed by atoms with Crippen molar-refractivity contribution in [2.24, 2.45) is 5.92 Å². The molecule has 2 aromatic heterocycles. The molecule has 0 radical (unpaired) electrons. The molecule has 1 aromatic carbocycles. The molecular formula is C23H22N4O2. The average molecular weight is 386 g/mol. The molecular weight excluding hydrogens is 364 g/mol. The smallest absolute Gasteiger partial charge is 0.167 e. The second-order valence-corrected chi connectivity index (χ2v) is 7.06. The van der Waals surface area contributed by atoms with E-state index >= 15 is 0 Å². The average Bonchev–Trinajstić information content (AvgIpc) is 3.48.